The van der Waals surface area contributed by atoms with Crippen LogP contribution in [0.25, 0.3) is 0 Å². The largest absolute Gasteiger partial charge is 0.741 e. The number of fused-ring (bicyclic) bond motifs is 1. The minimum Gasteiger partial charge on any atom is -0.741 e. The van der Waals surface area contributed by atoms with Gasteiger partial charge < -0.3 is 9.29 Å². The summed E-state index contributed by atoms with van der Waals surface area (Å²) in [6.45, 7) is 4.14. The molecule has 0 aliphatic carbocycles. The molecule has 2 N–H and O–H groups in total. The number of hydrogen-bond donors (Lipinski definition) is 2. The van der Waals surface area contributed by atoms with Crippen LogP contribution in [-0.2, 0) is 26.1 Å². The number of alkyl halides is 3. The van der Waals surface area contributed by atoms with Crippen LogP contribution in [0.2, 0.25) is 0 Å². The van der Waals surface area contributed by atoms with Crippen LogP contribution in [0.1, 0.15) is 22.3 Å². The van der Waals surface area contributed by atoms with E-state index < -0.39 is 15.6 Å². The molecule has 1 atom stereocenters. The van der Waals surface area contributed by atoms with E-state index in [1.165, 1.54) is 7.11 Å². The van der Waals surface area contributed by atoms with Crippen molar-refractivity contribution in [2.45, 2.75) is 31.8 Å². The van der Waals surface area contributed by atoms with Gasteiger partial charge in [-0.05, 0) is 36.6 Å². The number of carbonyl (C=O) groups excluding carboxylic acids is 1. The zero-order valence-electron chi connectivity index (χ0n) is 16.9. The number of ether oxygens (including phenoxy) is 1. The third kappa shape index (κ3) is 6.05. The molecule has 0 saturated heterocycles. The number of para-hydroxylation sites is 1. The van der Waals surface area contributed by atoms with Gasteiger partial charge in [-0.3, -0.25) is 4.99 Å². The van der Waals surface area contributed by atoms with Crippen LogP contribution >= 0.6 is 0 Å². The molecule has 3 rings (SSSR count). The average Bonchev–Trinajstić information content (AvgIpc) is 2.69. The maximum atomic E-state index is 12.0. The van der Waals surface area contributed by atoms with Crippen LogP contribution in [0, 0.1) is 13.8 Å². The minimum absolute atomic E-state index is 0.250. The lowest BCUT2D eigenvalue weighted by molar-refractivity contribution is -0.491. The predicted octanol–water partition coefficient (Wildman–Crippen LogP) is 1.39. The number of anilines is 1. The molecule has 0 radical (unpaired) electrons. The van der Waals surface area contributed by atoms with E-state index in [1.54, 1.807) is 0 Å². The van der Waals surface area contributed by atoms with Gasteiger partial charge in [0.2, 0.25) is 0 Å². The molecule has 0 fully saturated rings. The molecule has 11 heteroatoms. The van der Waals surface area contributed by atoms with Crippen LogP contribution < -0.4 is 10.3 Å². The SMILES string of the molecule is COC(=O)[C@@H]1Cc2ccccc2C(Nc2c(C)cccc2C)=[NH+]1.O=S(=O)([O-])C(F)(F)F. The highest BCUT2D eigenvalue weighted by molar-refractivity contribution is 7.86. The first-order valence-corrected chi connectivity index (χ1v) is 10.4. The quantitative estimate of drug-likeness (QED) is 0.400. The standard InChI is InChI=1S/C19H20N2O2.CHF3O3S/c1-12-7-6-8-13(2)17(12)21-18-15-10-5-4-9-14(15)11-16(20-18)19(22)23-3;2-1(3,4)8(5,6)7/h4-10,16H,11H2,1-3H3,(H,20,21);(H,5,6,7)/t16-;/m0./s1. The highest BCUT2D eigenvalue weighted by Gasteiger charge is 2.37. The molecule has 31 heavy (non-hydrogen) atoms. The molecule has 0 amide bonds. The van der Waals surface area contributed by atoms with Crippen LogP contribution in [-0.4, -0.2) is 43.4 Å². The van der Waals surface area contributed by atoms with Crippen LogP contribution in [0.5, 0.6) is 0 Å². The fourth-order valence-electron chi connectivity index (χ4n) is 2.99. The second-order valence-electron chi connectivity index (χ2n) is 6.75. The Morgan fingerprint density at radius 2 is 1.68 bits per heavy atom. The van der Waals surface area contributed by atoms with Gasteiger partial charge in [-0.15, -0.1) is 0 Å². The van der Waals surface area contributed by atoms with E-state index in [4.69, 9.17) is 17.7 Å². The summed E-state index contributed by atoms with van der Waals surface area (Å²) in [5.74, 6) is 0.597. The number of esters is 1. The van der Waals surface area contributed by atoms with Gasteiger partial charge in [0.25, 0.3) is 5.84 Å². The number of amidine groups is 1. The Labute approximate surface area is 177 Å². The number of halogens is 3. The summed E-state index contributed by atoms with van der Waals surface area (Å²) in [5, 5.41) is 3.48. The maximum Gasteiger partial charge on any atom is 0.485 e. The molecule has 2 aromatic rings. The summed E-state index contributed by atoms with van der Waals surface area (Å²) < 4.78 is 63.8. The lowest BCUT2D eigenvalue weighted by atomic mass is 9.96. The van der Waals surface area contributed by atoms with Crippen LogP contribution in [0.3, 0.4) is 0 Å². The van der Waals surface area contributed by atoms with Gasteiger partial charge in [0.05, 0.1) is 12.7 Å². The monoisotopic (exact) mass is 458 g/mol. The van der Waals surface area contributed by atoms with Crippen molar-refractivity contribution in [3.8, 4) is 0 Å². The lowest BCUT2D eigenvalue weighted by Crippen LogP contribution is -2.85. The molecule has 1 heterocycles. The zero-order chi connectivity index (χ0) is 23.4. The van der Waals surface area contributed by atoms with Gasteiger partial charge in [-0.25, -0.2) is 18.5 Å². The summed E-state index contributed by atoms with van der Waals surface area (Å²) in [6.07, 6.45) is 0.626. The van der Waals surface area contributed by atoms with Gasteiger partial charge in [0, 0.05) is 6.42 Å². The van der Waals surface area contributed by atoms with Gasteiger partial charge in [-0.2, -0.15) is 13.2 Å². The van der Waals surface area contributed by atoms with Gasteiger partial charge >= 0.3 is 11.5 Å². The van der Waals surface area contributed by atoms with Crippen molar-refractivity contribution in [1.29, 1.82) is 0 Å². The molecule has 7 nitrogen and oxygen atoms in total. The number of benzene rings is 2. The number of rotatable bonds is 2. The van der Waals surface area contributed by atoms with Crippen molar-refractivity contribution in [2.75, 3.05) is 12.4 Å². The molecule has 1 aliphatic heterocycles. The Morgan fingerprint density at radius 3 is 2.19 bits per heavy atom. The average molecular weight is 458 g/mol. The molecule has 0 unspecified atom stereocenters. The maximum absolute atomic E-state index is 12.0. The first-order chi connectivity index (χ1) is 14.3. The molecule has 0 spiro atoms. The molecular weight excluding hydrogens is 437 g/mol. The fraction of sp³-hybridized carbons (Fsp3) is 0.300. The summed E-state index contributed by atoms with van der Waals surface area (Å²) in [6, 6.07) is 13.9. The third-order valence-electron chi connectivity index (χ3n) is 4.53. The first kappa shape index (κ1) is 24.4. The summed E-state index contributed by atoms with van der Waals surface area (Å²) >= 11 is 0. The molecule has 0 bridgehead atoms. The Kier molecular flexibility index (Phi) is 7.45. The van der Waals surface area contributed by atoms with E-state index in [1.807, 2.05) is 18.2 Å². The van der Waals surface area contributed by atoms with Gasteiger partial charge in [0.15, 0.2) is 16.2 Å². The molecule has 1 aliphatic rings. The Balaban J connectivity index is 0.000000366. The molecule has 0 aromatic heterocycles. The van der Waals surface area contributed by atoms with E-state index in [0.29, 0.717) is 6.42 Å². The highest BCUT2D eigenvalue weighted by Crippen LogP contribution is 2.22. The molecular formula is C20H21F3N2O5S. The normalized spacial score (nSPS) is 15.7. The Hall–Kier alpha value is -2.92. The lowest BCUT2D eigenvalue weighted by Gasteiger charge is -2.19. The number of hydrogen-bond acceptors (Lipinski definition) is 6. The first-order valence-electron chi connectivity index (χ1n) is 9.00. The van der Waals surface area contributed by atoms with Crippen molar-refractivity contribution < 1.29 is 40.7 Å². The highest BCUT2D eigenvalue weighted by atomic mass is 32.2. The number of methoxy groups -OCH3 is 1. The van der Waals surface area contributed by atoms with Crippen molar-refractivity contribution in [3.05, 3.63) is 64.7 Å². The molecule has 2 aromatic carbocycles. The zero-order valence-corrected chi connectivity index (χ0v) is 17.7. The van der Waals surface area contributed by atoms with Crippen molar-refractivity contribution in [1.82, 2.24) is 0 Å². The van der Waals surface area contributed by atoms with E-state index in [0.717, 1.165) is 33.8 Å². The van der Waals surface area contributed by atoms with Crippen molar-refractivity contribution >= 4 is 27.6 Å². The fourth-order valence-corrected chi connectivity index (χ4v) is 2.99. The van der Waals surface area contributed by atoms with E-state index in [9.17, 15) is 18.0 Å². The van der Waals surface area contributed by atoms with Crippen molar-refractivity contribution in [3.63, 3.8) is 0 Å². The topological polar surface area (TPSA) is 110 Å². The van der Waals surface area contributed by atoms with Gasteiger partial charge in [0.1, 0.15) is 5.69 Å². The predicted molar refractivity (Wildman–Crippen MR) is 106 cm³/mol. The number of nitrogens with one attached hydrogen (secondary N) is 2. The van der Waals surface area contributed by atoms with E-state index >= 15 is 0 Å². The van der Waals surface area contributed by atoms with Crippen LogP contribution in [0.15, 0.2) is 42.5 Å². The summed E-state index contributed by atoms with van der Waals surface area (Å²) in [4.78, 5) is 15.3. The van der Waals surface area contributed by atoms with E-state index in [2.05, 4.69) is 48.4 Å². The molecule has 0 saturated carbocycles. The number of carbonyl (C=O) groups is 1. The number of aryl methyl sites for hydroxylation is 2. The van der Waals surface area contributed by atoms with Crippen LogP contribution in [0.4, 0.5) is 18.9 Å². The summed E-state index contributed by atoms with van der Waals surface area (Å²) in [5.41, 5.74) is -0.0255. The van der Waals surface area contributed by atoms with E-state index in [-0.39, 0.29) is 12.0 Å². The minimum atomic E-state index is -6.09. The second kappa shape index (κ2) is 9.48. The summed E-state index contributed by atoms with van der Waals surface area (Å²) in [7, 11) is -4.67. The third-order valence-corrected chi connectivity index (χ3v) is 5.10. The molecule has 168 valence electrons. The van der Waals surface area contributed by atoms with Crippen molar-refractivity contribution in [2.24, 2.45) is 0 Å². The Bertz CT molecular complexity index is 1080. The second-order valence-corrected chi connectivity index (χ2v) is 8.12. The smallest absolute Gasteiger partial charge is 0.485 e. The Morgan fingerprint density at radius 1 is 1.13 bits per heavy atom. The van der Waals surface area contributed by atoms with Gasteiger partial charge in [-0.1, -0.05) is 36.4 Å².